The zero-order chi connectivity index (χ0) is 38.2. The Morgan fingerprint density at radius 3 is 2.12 bits per heavy atom. The number of para-hydroxylation sites is 3. The lowest BCUT2D eigenvalue weighted by Gasteiger charge is -2.28. The van der Waals surface area contributed by atoms with Crippen LogP contribution in [0.4, 0.5) is 0 Å². The van der Waals surface area contributed by atoms with E-state index < -0.39 is 0 Å². The SMILES string of the molecule is C1=CC(n2c3ccccc3c3c(-c4ccc5c6ccccc6n(-c6ccccc6)c5c4)cccc32)=C(C2=NC3CC=c4ccccc4=C3C(c3ccccc3)=N2)CC1. The van der Waals surface area contributed by atoms with E-state index in [9.17, 15) is 0 Å². The van der Waals surface area contributed by atoms with Gasteiger partial charge in [0.05, 0.1) is 39.5 Å². The molecule has 0 spiro atoms. The third-order valence-electron chi connectivity index (χ3n) is 12.3. The summed E-state index contributed by atoms with van der Waals surface area (Å²) in [5, 5.41) is 7.49. The van der Waals surface area contributed by atoms with Crippen LogP contribution in [-0.2, 0) is 0 Å². The van der Waals surface area contributed by atoms with Crippen LogP contribution in [0.25, 0.3) is 77.8 Å². The number of aliphatic imine (C=N–C) groups is 2. The van der Waals surface area contributed by atoms with Crippen LogP contribution >= 0.6 is 0 Å². The molecule has 0 N–H and O–H groups in total. The van der Waals surface area contributed by atoms with E-state index in [2.05, 4.69) is 197 Å². The Morgan fingerprint density at radius 2 is 1.26 bits per heavy atom. The van der Waals surface area contributed by atoms with E-state index in [0.29, 0.717) is 0 Å². The monoisotopic (exact) mass is 742 g/mol. The molecule has 0 amide bonds. The molecular formula is C54H38N4. The predicted molar refractivity (Wildman–Crippen MR) is 243 cm³/mol. The van der Waals surface area contributed by atoms with Crippen LogP contribution in [0, 0.1) is 0 Å². The summed E-state index contributed by atoms with van der Waals surface area (Å²) < 4.78 is 4.88. The maximum Gasteiger partial charge on any atom is 0.153 e. The predicted octanol–water partition coefficient (Wildman–Crippen LogP) is 11.4. The minimum atomic E-state index is 0.00316. The molecule has 1 unspecified atom stereocenters. The first-order valence-electron chi connectivity index (χ1n) is 20.3. The molecular weight excluding hydrogens is 705 g/mol. The number of rotatable bonds is 5. The maximum atomic E-state index is 5.53. The summed E-state index contributed by atoms with van der Waals surface area (Å²) in [5.74, 6) is 0.848. The molecule has 0 saturated carbocycles. The van der Waals surface area contributed by atoms with Gasteiger partial charge in [0, 0.05) is 43.9 Å². The molecule has 12 rings (SSSR count). The Hall–Kier alpha value is -7.30. The van der Waals surface area contributed by atoms with E-state index >= 15 is 0 Å². The van der Waals surface area contributed by atoms with Crippen molar-refractivity contribution in [2.45, 2.75) is 25.3 Å². The molecule has 0 saturated heterocycles. The fraction of sp³-hybridized carbons (Fsp3) is 0.0741. The summed E-state index contributed by atoms with van der Waals surface area (Å²) in [6, 6.07) is 61.5. The van der Waals surface area contributed by atoms with E-state index in [1.807, 2.05) is 0 Å². The number of benzene rings is 7. The zero-order valence-electron chi connectivity index (χ0n) is 31.9. The van der Waals surface area contributed by atoms with Crippen molar-refractivity contribution in [3.63, 3.8) is 0 Å². The molecule has 0 fully saturated rings. The number of amidine groups is 1. The van der Waals surface area contributed by atoms with E-state index in [1.165, 1.54) is 76.3 Å². The Morgan fingerprint density at radius 1 is 0.552 bits per heavy atom. The van der Waals surface area contributed by atoms with Crippen LogP contribution in [-0.4, -0.2) is 26.7 Å². The van der Waals surface area contributed by atoms with Gasteiger partial charge in [0.15, 0.2) is 5.84 Å². The number of aromatic nitrogens is 2. The van der Waals surface area contributed by atoms with Gasteiger partial charge in [-0.05, 0) is 83.3 Å². The molecule has 0 radical (unpaired) electrons. The summed E-state index contributed by atoms with van der Waals surface area (Å²) in [4.78, 5) is 11.1. The minimum absolute atomic E-state index is 0.00316. The first-order chi connectivity index (χ1) is 28.8. The molecule has 7 aromatic carbocycles. The highest BCUT2D eigenvalue weighted by molar-refractivity contribution is 6.34. The van der Waals surface area contributed by atoms with Crippen LogP contribution in [0.3, 0.4) is 0 Å². The standard InChI is InChI=1S/C54H38N4/c1-3-17-36(18-4-1)53-52-39-21-8-7-16-35(39)31-33-45(52)55-54(56-53)44-24-11-14-28-48(44)58-47-27-13-10-23-43(47)51-40(25-15-29-49(51)58)37-30-32-42-41-22-9-12-26-46(41)57(50(42)34-37)38-19-5-2-6-20-38/h1-10,12-23,25-32,34,45H,11,24,33H2. The lowest BCUT2D eigenvalue weighted by atomic mass is 9.87. The lowest BCUT2D eigenvalue weighted by Crippen LogP contribution is -2.39. The minimum Gasteiger partial charge on any atom is -0.309 e. The first kappa shape index (κ1) is 32.9. The Kier molecular flexibility index (Phi) is 7.45. The van der Waals surface area contributed by atoms with Gasteiger partial charge in [-0.15, -0.1) is 0 Å². The van der Waals surface area contributed by atoms with E-state index in [1.54, 1.807) is 0 Å². The summed E-state index contributed by atoms with van der Waals surface area (Å²) >= 11 is 0. The fourth-order valence-electron chi connectivity index (χ4n) is 9.76. The quantitative estimate of drug-likeness (QED) is 0.168. The molecule has 1 aliphatic heterocycles. The van der Waals surface area contributed by atoms with Crippen molar-refractivity contribution in [3.05, 3.63) is 204 Å². The van der Waals surface area contributed by atoms with Crippen molar-refractivity contribution in [1.82, 2.24) is 9.13 Å². The van der Waals surface area contributed by atoms with Crippen LogP contribution in [0.2, 0.25) is 0 Å². The van der Waals surface area contributed by atoms with Crippen LogP contribution in [0.5, 0.6) is 0 Å². The highest BCUT2D eigenvalue weighted by Crippen LogP contribution is 2.42. The summed E-state index contributed by atoms with van der Waals surface area (Å²) in [6.07, 6.45) is 9.64. The third-order valence-corrected chi connectivity index (χ3v) is 12.3. The number of nitrogens with zero attached hydrogens (tertiary/aromatic N) is 4. The summed E-state index contributed by atoms with van der Waals surface area (Å²) in [5.41, 5.74) is 14.1. The van der Waals surface area contributed by atoms with Gasteiger partial charge in [-0.1, -0.05) is 146 Å². The molecule has 58 heavy (non-hydrogen) atoms. The van der Waals surface area contributed by atoms with Crippen molar-refractivity contribution in [2.24, 2.45) is 9.98 Å². The molecule has 274 valence electrons. The van der Waals surface area contributed by atoms with Gasteiger partial charge in [-0.2, -0.15) is 0 Å². The topological polar surface area (TPSA) is 34.6 Å². The molecule has 2 aromatic heterocycles. The van der Waals surface area contributed by atoms with Crippen molar-refractivity contribution in [1.29, 1.82) is 0 Å². The Balaban J connectivity index is 1.08. The molecule has 4 nitrogen and oxygen atoms in total. The van der Waals surface area contributed by atoms with Crippen LogP contribution < -0.4 is 10.4 Å². The average Bonchev–Trinajstić information content (AvgIpc) is 3.82. The number of hydrogen-bond acceptors (Lipinski definition) is 2. The second-order valence-corrected chi connectivity index (χ2v) is 15.5. The summed E-state index contributed by atoms with van der Waals surface area (Å²) in [7, 11) is 0. The lowest BCUT2D eigenvalue weighted by molar-refractivity contribution is 0.857. The smallest absolute Gasteiger partial charge is 0.153 e. The molecule has 4 heteroatoms. The highest BCUT2D eigenvalue weighted by Gasteiger charge is 2.30. The maximum absolute atomic E-state index is 5.53. The molecule has 9 aromatic rings. The molecule has 3 aliphatic rings. The molecule has 1 atom stereocenters. The Labute approximate surface area is 336 Å². The molecule has 0 bridgehead atoms. The third kappa shape index (κ3) is 5.01. The van der Waals surface area contributed by atoms with Gasteiger partial charge >= 0.3 is 0 Å². The fourth-order valence-corrected chi connectivity index (χ4v) is 9.76. The Bertz CT molecular complexity index is 3410. The summed E-state index contributed by atoms with van der Waals surface area (Å²) in [6.45, 7) is 0. The van der Waals surface area contributed by atoms with Crippen molar-refractivity contribution in [2.75, 3.05) is 0 Å². The normalized spacial score (nSPS) is 16.4. The highest BCUT2D eigenvalue weighted by atomic mass is 15.0. The number of allylic oxidation sites excluding steroid dienone is 3. The van der Waals surface area contributed by atoms with Crippen molar-refractivity contribution < 1.29 is 0 Å². The van der Waals surface area contributed by atoms with E-state index in [-0.39, 0.29) is 6.04 Å². The van der Waals surface area contributed by atoms with E-state index in [4.69, 9.17) is 9.98 Å². The second kappa shape index (κ2) is 13.1. The van der Waals surface area contributed by atoms with Gasteiger partial charge in [-0.25, -0.2) is 4.99 Å². The van der Waals surface area contributed by atoms with Gasteiger partial charge in [0.1, 0.15) is 0 Å². The number of fused-ring (bicyclic) bond motifs is 8. The van der Waals surface area contributed by atoms with Gasteiger partial charge in [0.25, 0.3) is 0 Å². The van der Waals surface area contributed by atoms with Gasteiger partial charge < -0.3 is 9.13 Å². The van der Waals surface area contributed by atoms with Gasteiger partial charge in [0.2, 0.25) is 0 Å². The largest absolute Gasteiger partial charge is 0.309 e. The van der Waals surface area contributed by atoms with Crippen LogP contribution in [0.1, 0.15) is 24.8 Å². The van der Waals surface area contributed by atoms with E-state index in [0.717, 1.165) is 47.8 Å². The van der Waals surface area contributed by atoms with Crippen LogP contribution in [0.15, 0.2) is 198 Å². The molecule has 3 heterocycles. The van der Waals surface area contributed by atoms with Gasteiger partial charge in [-0.3, -0.25) is 4.99 Å². The first-order valence-corrected chi connectivity index (χ1v) is 20.3. The average molecular weight is 743 g/mol. The zero-order valence-corrected chi connectivity index (χ0v) is 31.9. The number of hydrogen-bond donors (Lipinski definition) is 0. The molecule has 2 aliphatic carbocycles. The second-order valence-electron chi connectivity index (χ2n) is 15.5. The van der Waals surface area contributed by atoms with Crippen molar-refractivity contribution in [3.8, 4) is 16.8 Å². The van der Waals surface area contributed by atoms with Crippen molar-refractivity contribution >= 4 is 72.5 Å².